The van der Waals surface area contributed by atoms with E-state index in [1.807, 2.05) is 60.6 Å². The number of aliphatic carboxylic acids is 1. The summed E-state index contributed by atoms with van der Waals surface area (Å²) in [6.07, 6.45) is 3.94. The van der Waals surface area contributed by atoms with E-state index in [0.29, 0.717) is 44.3 Å². The number of hydrogen-bond acceptors (Lipinski definition) is 4. The Kier molecular flexibility index (Phi) is 9.09. The molecule has 1 rings (SSSR count). The summed E-state index contributed by atoms with van der Waals surface area (Å²) in [7, 11) is 0. The van der Waals surface area contributed by atoms with Crippen LogP contribution in [0.2, 0.25) is 0 Å². The Morgan fingerprint density at radius 2 is 1.48 bits per heavy atom. The monoisotopic (exact) mass is 435 g/mol. The van der Waals surface area contributed by atoms with Crippen molar-refractivity contribution in [2.45, 2.75) is 104 Å². The van der Waals surface area contributed by atoms with E-state index in [0.717, 1.165) is 23.1 Å². The Bertz CT molecular complexity index is 738. The highest BCUT2D eigenvalue weighted by molar-refractivity contribution is 5.75. The first kappa shape index (κ1) is 26.9. The molecule has 6 heteroatoms. The molecule has 0 aliphatic rings. The summed E-state index contributed by atoms with van der Waals surface area (Å²) in [5, 5.41) is 31.7. The van der Waals surface area contributed by atoms with Crippen LogP contribution in [0.15, 0.2) is 12.1 Å². The van der Waals surface area contributed by atoms with Gasteiger partial charge in [-0.05, 0) is 53.2 Å². The number of carboxylic acid groups (broad SMARTS) is 1. The van der Waals surface area contributed by atoms with E-state index in [4.69, 9.17) is 0 Å². The Balaban J connectivity index is 3.35. The molecule has 0 radical (unpaired) electrons. The first-order chi connectivity index (χ1) is 14.1. The molecule has 176 valence electrons. The van der Waals surface area contributed by atoms with Crippen molar-refractivity contribution < 1.29 is 19.9 Å². The van der Waals surface area contributed by atoms with Crippen LogP contribution in [0.3, 0.4) is 0 Å². The topological polar surface area (TPSA) is 101 Å². The highest BCUT2D eigenvalue weighted by Crippen LogP contribution is 2.42. The number of aromatic hydroxyl groups is 1. The van der Waals surface area contributed by atoms with E-state index < -0.39 is 11.4 Å². The van der Waals surface area contributed by atoms with Crippen LogP contribution in [0.1, 0.15) is 104 Å². The molecular weight excluding hydrogens is 394 g/mol. The lowest BCUT2D eigenvalue weighted by atomic mass is 9.71. The fraction of sp³-hybridized carbons (Fsp3) is 0.720. The van der Waals surface area contributed by atoms with Gasteiger partial charge in [-0.25, -0.2) is 0 Å². The largest absolute Gasteiger partial charge is 0.507 e. The second kappa shape index (κ2) is 10.5. The lowest BCUT2D eigenvalue weighted by Gasteiger charge is -2.32. The highest BCUT2D eigenvalue weighted by Gasteiger charge is 2.38. The molecule has 0 bridgehead atoms. The van der Waals surface area contributed by atoms with Gasteiger partial charge in [-0.2, -0.15) is 0 Å². The quantitative estimate of drug-likeness (QED) is 0.243. The summed E-state index contributed by atoms with van der Waals surface area (Å²) in [6.45, 7) is 14.2. The van der Waals surface area contributed by atoms with Gasteiger partial charge in [0.25, 0.3) is 0 Å². The molecule has 6 nitrogen and oxygen atoms in total. The van der Waals surface area contributed by atoms with E-state index in [-0.39, 0.29) is 22.3 Å². The number of rotatable bonds is 11. The Labute approximate surface area is 187 Å². The van der Waals surface area contributed by atoms with Crippen LogP contribution in [0.25, 0.3) is 0 Å². The summed E-state index contributed by atoms with van der Waals surface area (Å²) in [5.41, 5.74) is 1.12. The lowest BCUT2D eigenvalue weighted by molar-refractivity contribution is -0.480. The molecule has 0 aromatic heterocycles. The Morgan fingerprint density at radius 3 is 1.87 bits per heavy atom. The van der Waals surface area contributed by atoms with Crippen molar-refractivity contribution >= 4 is 5.97 Å². The van der Waals surface area contributed by atoms with E-state index in [1.54, 1.807) is 0 Å². The van der Waals surface area contributed by atoms with Gasteiger partial charge in [-0.1, -0.05) is 73.4 Å². The van der Waals surface area contributed by atoms with Crippen LogP contribution in [0.5, 0.6) is 5.75 Å². The molecule has 2 N–H and O–H groups in total. The van der Waals surface area contributed by atoms with Crippen molar-refractivity contribution in [2.24, 2.45) is 5.41 Å². The Hall–Kier alpha value is -2.11. The SMILES string of the molecule is CCCC(CCCCC[N+](=O)[O-])(Cc1cc(C(C)(C)C)c(O)c(C(C)(C)C)c1)C(=O)O. The minimum absolute atomic E-state index is 0.0737. The van der Waals surface area contributed by atoms with Crippen molar-refractivity contribution in [3.8, 4) is 5.75 Å². The summed E-state index contributed by atoms with van der Waals surface area (Å²) in [4.78, 5) is 22.7. The first-order valence-electron chi connectivity index (χ1n) is 11.4. The predicted molar refractivity (Wildman–Crippen MR) is 125 cm³/mol. The minimum Gasteiger partial charge on any atom is -0.507 e. The summed E-state index contributed by atoms with van der Waals surface area (Å²) < 4.78 is 0. The van der Waals surface area contributed by atoms with Crippen molar-refractivity contribution in [2.75, 3.05) is 6.54 Å². The molecule has 1 aromatic carbocycles. The molecule has 0 saturated carbocycles. The van der Waals surface area contributed by atoms with E-state index in [2.05, 4.69) is 0 Å². The number of nitrogens with zero attached hydrogens (tertiary/aromatic N) is 1. The van der Waals surface area contributed by atoms with Crippen LogP contribution >= 0.6 is 0 Å². The van der Waals surface area contributed by atoms with Crippen molar-refractivity contribution in [3.05, 3.63) is 38.9 Å². The normalized spacial score (nSPS) is 14.3. The smallest absolute Gasteiger partial charge is 0.309 e. The van der Waals surface area contributed by atoms with Gasteiger partial charge in [0.1, 0.15) is 5.75 Å². The van der Waals surface area contributed by atoms with Crippen molar-refractivity contribution in [1.82, 2.24) is 0 Å². The molecule has 1 aromatic rings. The molecule has 0 saturated heterocycles. The van der Waals surface area contributed by atoms with Gasteiger partial charge < -0.3 is 10.2 Å². The van der Waals surface area contributed by atoms with Gasteiger partial charge in [0, 0.05) is 11.3 Å². The van der Waals surface area contributed by atoms with Crippen LogP contribution < -0.4 is 0 Å². The lowest BCUT2D eigenvalue weighted by Crippen LogP contribution is -2.34. The molecule has 0 spiro atoms. The molecule has 0 aliphatic heterocycles. The average Bonchev–Trinajstić information content (AvgIpc) is 2.60. The second-order valence-electron chi connectivity index (χ2n) is 10.9. The first-order valence-corrected chi connectivity index (χ1v) is 11.4. The summed E-state index contributed by atoms with van der Waals surface area (Å²) in [5.74, 6) is -0.522. The average molecular weight is 436 g/mol. The third kappa shape index (κ3) is 7.51. The van der Waals surface area contributed by atoms with Crippen LogP contribution in [-0.4, -0.2) is 27.7 Å². The maximum Gasteiger partial charge on any atom is 0.309 e. The molecule has 0 aliphatic carbocycles. The van der Waals surface area contributed by atoms with Crippen molar-refractivity contribution in [1.29, 1.82) is 0 Å². The van der Waals surface area contributed by atoms with E-state index >= 15 is 0 Å². The Morgan fingerprint density at radius 1 is 0.968 bits per heavy atom. The molecule has 0 heterocycles. The fourth-order valence-electron chi connectivity index (χ4n) is 4.28. The van der Waals surface area contributed by atoms with Gasteiger partial charge >= 0.3 is 5.97 Å². The van der Waals surface area contributed by atoms with Crippen LogP contribution in [-0.2, 0) is 22.0 Å². The highest BCUT2D eigenvalue weighted by atomic mass is 16.6. The van der Waals surface area contributed by atoms with Gasteiger partial charge in [0.05, 0.1) is 5.41 Å². The fourth-order valence-corrected chi connectivity index (χ4v) is 4.28. The molecule has 31 heavy (non-hydrogen) atoms. The standard InChI is InChI=1S/C25H41NO5/c1-8-12-25(22(28)29,13-10-9-11-14-26(30)31)17-18-15-19(23(2,3)4)21(27)20(16-18)24(5,6)7/h15-16,27H,8-14,17H2,1-7H3,(H,28,29). The van der Waals surface area contributed by atoms with Gasteiger partial charge in [-0.3, -0.25) is 14.9 Å². The third-order valence-corrected chi connectivity index (χ3v) is 6.01. The minimum atomic E-state index is -0.912. The zero-order valence-corrected chi connectivity index (χ0v) is 20.4. The zero-order valence-electron chi connectivity index (χ0n) is 20.4. The van der Waals surface area contributed by atoms with Crippen LogP contribution in [0, 0.1) is 15.5 Å². The number of benzene rings is 1. The van der Waals surface area contributed by atoms with Crippen molar-refractivity contribution in [3.63, 3.8) is 0 Å². The number of phenolic OH excluding ortho intramolecular Hbond substituents is 1. The van der Waals surface area contributed by atoms with E-state index in [1.165, 1.54) is 0 Å². The number of nitro groups is 1. The predicted octanol–water partition coefficient (Wildman–Crippen LogP) is 6.24. The van der Waals surface area contributed by atoms with Gasteiger partial charge in [0.2, 0.25) is 6.54 Å². The third-order valence-electron chi connectivity index (χ3n) is 6.01. The van der Waals surface area contributed by atoms with Gasteiger partial charge in [-0.15, -0.1) is 0 Å². The maximum absolute atomic E-state index is 12.5. The molecule has 0 fully saturated rings. The van der Waals surface area contributed by atoms with E-state index in [9.17, 15) is 25.1 Å². The number of hydrogen-bond donors (Lipinski definition) is 2. The molecule has 1 atom stereocenters. The van der Waals surface area contributed by atoms with Crippen LogP contribution in [0.4, 0.5) is 0 Å². The van der Waals surface area contributed by atoms with Gasteiger partial charge in [0.15, 0.2) is 0 Å². The number of phenols is 1. The molecule has 0 amide bonds. The molecular formula is C25H41NO5. The number of unbranched alkanes of at least 4 members (excludes halogenated alkanes) is 2. The summed E-state index contributed by atoms with van der Waals surface area (Å²) >= 11 is 0. The second-order valence-corrected chi connectivity index (χ2v) is 10.9. The number of carbonyl (C=O) groups is 1. The summed E-state index contributed by atoms with van der Waals surface area (Å²) in [6, 6.07) is 3.93. The maximum atomic E-state index is 12.5. The molecule has 1 unspecified atom stereocenters. The zero-order chi connectivity index (χ0) is 24.0. The number of carboxylic acids is 1.